The molecule has 4 aromatic heterocycles. The Labute approximate surface area is 395 Å². The summed E-state index contributed by atoms with van der Waals surface area (Å²) in [7, 11) is 0. The van der Waals surface area contributed by atoms with Crippen LogP contribution in [0.3, 0.4) is 0 Å². The van der Waals surface area contributed by atoms with Gasteiger partial charge in [-0.15, -0.1) is 0 Å². The number of rotatable bonds is 8. The maximum atomic E-state index is 13.1. The number of carbonyl (C=O) groups excluding carboxylic acids is 2. The SMILES string of the molecule is Cc1cc(N)nc(C)c1CNC(=O)c1ccc2c(c1)C1C=C(c3nccc4ccccc34)C2C1.Cc1cc(N)nc(C)c1CNC(=O)c1ccc2c(c1)C1CC2C=C1c1nccc2ccccc12. The summed E-state index contributed by atoms with van der Waals surface area (Å²) < 4.78 is 0. The Bertz CT molecular complexity index is 3410. The molecule has 4 atom stereocenters. The number of aromatic nitrogens is 4. The Morgan fingerprint density at radius 3 is 1.51 bits per heavy atom. The average molecular weight is 893 g/mol. The molecular weight excluding hydrogens is 841 g/mol. The zero-order valence-corrected chi connectivity index (χ0v) is 38.6. The van der Waals surface area contributed by atoms with Crippen LogP contribution in [0.25, 0.3) is 32.7 Å². The molecule has 2 amide bonds. The highest BCUT2D eigenvalue weighted by Gasteiger charge is 2.41. The number of hydrogen-bond donors (Lipinski definition) is 4. The third kappa shape index (κ3) is 7.55. The Balaban J connectivity index is 0.000000149. The normalized spacial score (nSPS) is 18.1. The highest BCUT2D eigenvalue weighted by molar-refractivity contribution is 5.98. The summed E-state index contributed by atoms with van der Waals surface area (Å²) in [5.74, 6) is 2.19. The van der Waals surface area contributed by atoms with Crippen molar-refractivity contribution >= 4 is 56.1 Å². The number of nitrogens with two attached hydrogens (primary N) is 2. The number of fused-ring (bicyclic) bond motifs is 12. The van der Waals surface area contributed by atoms with Crippen LogP contribution >= 0.6 is 0 Å². The van der Waals surface area contributed by atoms with Crippen LogP contribution in [-0.4, -0.2) is 31.8 Å². The summed E-state index contributed by atoms with van der Waals surface area (Å²) in [5.41, 5.74) is 28.8. The minimum Gasteiger partial charge on any atom is -0.384 e. The van der Waals surface area contributed by atoms with Gasteiger partial charge in [0, 0.05) is 82.4 Å². The first-order valence-electron chi connectivity index (χ1n) is 23.4. The molecule has 0 radical (unpaired) electrons. The number of nitrogen functional groups attached to an aromatic ring is 2. The molecule has 8 aromatic rings. The number of hydrogen-bond acceptors (Lipinski definition) is 8. The molecule has 68 heavy (non-hydrogen) atoms. The summed E-state index contributed by atoms with van der Waals surface area (Å²) in [4.78, 5) is 44.2. The van der Waals surface area contributed by atoms with Gasteiger partial charge in [-0.2, -0.15) is 0 Å². The molecule has 10 nitrogen and oxygen atoms in total. The van der Waals surface area contributed by atoms with Crippen LogP contribution in [0.15, 0.2) is 134 Å². The molecule has 4 aliphatic rings. The van der Waals surface area contributed by atoms with E-state index >= 15 is 0 Å². The number of allylic oxidation sites excluding steroid dienone is 4. The molecule has 10 heteroatoms. The monoisotopic (exact) mass is 892 g/mol. The van der Waals surface area contributed by atoms with Gasteiger partial charge >= 0.3 is 0 Å². The summed E-state index contributed by atoms with van der Waals surface area (Å²) in [5, 5.41) is 10.9. The minimum absolute atomic E-state index is 0.0684. The number of aryl methyl sites for hydroxylation is 4. The van der Waals surface area contributed by atoms with Crippen LogP contribution in [0, 0.1) is 27.7 Å². The van der Waals surface area contributed by atoms with E-state index in [1.54, 1.807) is 0 Å². The lowest BCUT2D eigenvalue weighted by molar-refractivity contribution is 0.0942. The van der Waals surface area contributed by atoms with Crippen molar-refractivity contribution in [2.24, 2.45) is 0 Å². The fourth-order valence-electron chi connectivity index (χ4n) is 11.3. The molecule has 4 aliphatic carbocycles. The van der Waals surface area contributed by atoms with Crippen molar-refractivity contribution in [3.8, 4) is 0 Å². The molecule has 0 aliphatic heterocycles. The van der Waals surface area contributed by atoms with Gasteiger partial charge in [-0.05, 0) is 155 Å². The number of nitrogens with zero attached hydrogens (tertiary/aromatic N) is 4. The molecule has 0 spiro atoms. The molecule has 4 heterocycles. The Kier molecular flexibility index (Phi) is 10.7. The maximum absolute atomic E-state index is 13.1. The molecule has 0 saturated carbocycles. The second kappa shape index (κ2) is 17.0. The molecule has 4 unspecified atom stereocenters. The molecule has 0 fully saturated rings. The predicted octanol–water partition coefficient (Wildman–Crippen LogP) is 10.9. The zero-order valence-electron chi connectivity index (χ0n) is 38.6. The number of pyridine rings is 4. The predicted molar refractivity (Wildman–Crippen MR) is 271 cm³/mol. The lowest BCUT2D eigenvalue weighted by atomic mass is 9.87. The van der Waals surface area contributed by atoms with Gasteiger partial charge in [0.2, 0.25) is 0 Å². The molecule has 4 aromatic carbocycles. The molecule has 12 rings (SSSR count). The summed E-state index contributed by atoms with van der Waals surface area (Å²) >= 11 is 0. The Morgan fingerprint density at radius 2 is 1.00 bits per heavy atom. The third-order valence-electron chi connectivity index (χ3n) is 14.6. The second-order valence-corrected chi connectivity index (χ2v) is 18.7. The van der Waals surface area contributed by atoms with Gasteiger partial charge in [0.15, 0.2) is 0 Å². The summed E-state index contributed by atoms with van der Waals surface area (Å²) in [6.45, 7) is 8.70. The number of anilines is 2. The Morgan fingerprint density at radius 1 is 0.544 bits per heavy atom. The third-order valence-corrected chi connectivity index (χ3v) is 14.6. The largest absolute Gasteiger partial charge is 0.384 e. The molecule has 0 saturated heterocycles. The maximum Gasteiger partial charge on any atom is 0.251 e. The van der Waals surface area contributed by atoms with Crippen LogP contribution in [0.1, 0.15) is 125 Å². The summed E-state index contributed by atoms with van der Waals surface area (Å²) in [6.07, 6.45) is 10.6. The first kappa shape index (κ1) is 42.6. The second-order valence-electron chi connectivity index (χ2n) is 18.7. The van der Waals surface area contributed by atoms with Gasteiger partial charge in [-0.25, -0.2) is 9.97 Å². The fourth-order valence-corrected chi connectivity index (χ4v) is 11.3. The van der Waals surface area contributed by atoms with Gasteiger partial charge in [0.05, 0.1) is 11.4 Å². The van der Waals surface area contributed by atoms with E-state index in [-0.39, 0.29) is 17.7 Å². The average Bonchev–Trinajstić information content (AvgIpc) is 4.14. The number of nitrogens with one attached hydrogen (secondary N) is 2. The number of benzene rings is 4. The van der Waals surface area contributed by atoms with Gasteiger partial charge < -0.3 is 22.1 Å². The van der Waals surface area contributed by atoms with E-state index in [9.17, 15) is 9.59 Å². The van der Waals surface area contributed by atoms with Crippen molar-refractivity contribution in [1.29, 1.82) is 0 Å². The minimum atomic E-state index is -0.0741. The first-order valence-corrected chi connectivity index (χ1v) is 23.4. The van der Waals surface area contributed by atoms with E-state index in [1.807, 2.05) is 64.4 Å². The van der Waals surface area contributed by atoms with Crippen LogP contribution in [0.5, 0.6) is 0 Å². The quantitative estimate of drug-likeness (QED) is 0.117. The van der Waals surface area contributed by atoms with Crippen molar-refractivity contribution < 1.29 is 9.59 Å². The molecular formula is C58H52N8O2. The fraction of sp³-hybridized carbons (Fsp3) is 0.207. The molecule has 336 valence electrons. The van der Waals surface area contributed by atoms with E-state index in [2.05, 4.69) is 118 Å². The van der Waals surface area contributed by atoms with Gasteiger partial charge in [-0.1, -0.05) is 72.8 Å². The number of carbonyl (C=O) groups is 2. The van der Waals surface area contributed by atoms with Gasteiger partial charge in [-0.3, -0.25) is 19.6 Å². The standard InChI is InChI=1S/2C29H26N4O/c1-16-11-27(30)33-17(2)26(16)15-32-29(34)19-7-8-21-20-13-24(23(21)12-19)25(14-20)28-22-6-4-3-5-18(22)9-10-31-28;1-16-11-27(30)33-17(2)26(16)15-32-29(34)19-7-8-22-23(12-19)20-13-24(22)25(14-20)28-21-6-4-3-5-18(21)9-10-31-28/h2*3-12,14,20,24H,13,15H2,1-2H3,(H2,30,33)(H,32,34). The van der Waals surface area contributed by atoms with Crippen LogP contribution in [-0.2, 0) is 13.1 Å². The summed E-state index contributed by atoms with van der Waals surface area (Å²) in [6, 6.07) is 36.9. The van der Waals surface area contributed by atoms with Crippen LogP contribution in [0.4, 0.5) is 11.6 Å². The van der Waals surface area contributed by atoms with Crippen LogP contribution < -0.4 is 22.1 Å². The van der Waals surface area contributed by atoms with Crippen LogP contribution in [0.2, 0.25) is 0 Å². The van der Waals surface area contributed by atoms with E-state index in [4.69, 9.17) is 21.4 Å². The van der Waals surface area contributed by atoms with Gasteiger partial charge in [0.1, 0.15) is 11.6 Å². The van der Waals surface area contributed by atoms with Crippen molar-refractivity contribution in [3.63, 3.8) is 0 Å². The van der Waals surface area contributed by atoms with E-state index in [1.165, 1.54) is 54.9 Å². The molecule has 4 bridgehead atoms. The highest BCUT2D eigenvalue weighted by Crippen LogP contribution is 2.57. The molecule has 6 N–H and O–H groups in total. The zero-order chi connectivity index (χ0) is 46.8. The van der Waals surface area contributed by atoms with Crippen molar-refractivity contribution in [2.45, 2.75) is 77.3 Å². The van der Waals surface area contributed by atoms with E-state index < -0.39 is 0 Å². The van der Waals surface area contributed by atoms with E-state index in [0.717, 1.165) is 57.9 Å². The van der Waals surface area contributed by atoms with E-state index in [0.29, 0.717) is 53.6 Å². The lowest BCUT2D eigenvalue weighted by Crippen LogP contribution is -2.24. The van der Waals surface area contributed by atoms with Crippen molar-refractivity contribution in [3.05, 3.63) is 212 Å². The van der Waals surface area contributed by atoms with Gasteiger partial charge in [0.25, 0.3) is 11.8 Å². The lowest BCUT2D eigenvalue weighted by Gasteiger charge is -2.19. The Hall–Kier alpha value is -7.98. The van der Waals surface area contributed by atoms with Crippen molar-refractivity contribution in [1.82, 2.24) is 30.6 Å². The smallest absolute Gasteiger partial charge is 0.251 e. The first-order chi connectivity index (χ1) is 33.0. The van der Waals surface area contributed by atoms with Crippen molar-refractivity contribution in [2.75, 3.05) is 11.5 Å². The highest BCUT2D eigenvalue weighted by atomic mass is 16.2. The number of amides is 2. The topological polar surface area (TPSA) is 162 Å².